The molecule has 2 heterocycles. The van der Waals surface area contributed by atoms with Crippen LogP contribution in [0.3, 0.4) is 0 Å². The lowest BCUT2D eigenvalue weighted by atomic mass is 10.1. The number of aromatic nitrogens is 2. The zero-order chi connectivity index (χ0) is 18.2. The van der Waals surface area contributed by atoms with Crippen molar-refractivity contribution in [2.45, 2.75) is 13.0 Å². The first-order valence-corrected chi connectivity index (χ1v) is 8.24. The Kier molecular flexibility index (Phi) is 5.82. The molecule has 7 heteroatoms. The van der Waals surface area contributed by atoms with Crippen molar-refractivity contribution in [3.05, 3.63) is 71.9 Å². The number of ether oxygens (including phenoxy) is 1. The van der Waals surface area contributed by atoms with Crippen LogP contribution in [0.4, 0.5) is 5.95 Å². The first kappa shape index (κ1) is 17.5. The van der Waals surface area contributed by atoms with Crippen LogP contribution in [0.5, 0.6) is 5.75 Å². The van der Waals surface area contributed by atoms with Gasteiger partial charge in [-0.3, -0.25) is 4.79 Å². The van der Waals surface area contributed by atoms with Crippen molar-refractivity contribution in [3.63, 3.8) is 0 Å². The molecule has 26 heavy (non-hydrogen) atoms. The summed E-state index contributed by atoms with van der Waals surface area (Å²) in [6.45, 7) is 0.981. The molecule has 0 atom stereocenters. The number of amides is 1. The number of hydrogen-bond donors (Lipinski definition) is 2. The lowest BCUT2D eigenvalue weighted by Crippen LogP contribution is -2.26. The minimum atomic E-state index is -0.211. The van der Waals surface area contributed by atoms with Gasteiger partial charge in [0.2, 0.25) is 5.95 Å². The molecule has 0 aliphatic heterocycles. The van der Waals surface area contributed by atoms with Crippen LogP contribution in [0.25, 0.3) is 0 Å². The van der Waals surface area contributed by atoms with Gasteiger partial charge in [0.15, 0.2) is 0 Å². The average Bonchev–Trinajstić information content (AvgIpc) is 3.20. The summed E-state index contributed by atoms with van der Waals surface area (Å²) >= 11 is 0. The van der Waals surface area contributed by atoms with Gasteiger partial charge in [0.25, 0.3) is 5.91 Å². The van der Waals surface area contributed by atoms with E-state index < -0.39 is 0 Å². The second-order valence-corrected chi connectivity index (χ2v) is 5.55. The fourth-order valence-electron chi connectivity index (χ4n) is 2.44. The van der Waals surface area contributed by atoms with Crippen LogP contribution in [0.1, 0.15) is 21.7 Å². The zero-order valence-electron chi connectivity index (χ0n) is 14.4. The van der Waals surface area contributed by atoms with Gasteiger partial charge >= 0.3 is 0 Å². The molecule has 0 aliphatic carbocycles. The number of hydrogen-bond acceptors (Lipinski definition) is 6. The SMILES string of the molecule is COc1ccccc1CCNC(=O)c1cnc(NCc2ccco2)nc1. The molecule has 7 nitrogen and oxygen atoms in total. The number of carbonyl (C=O) groups excluding carboxylic acids is 1. The summed E-state index contributed by atoms with van der Waals surface area (Å²) in [5.74, 6) is 1.83. The maximum absolute atomic E-state index is 12.2. The Balaban J connectivity index is 1.48. The molecule has 0 saturated carbocycles. The third-order valence-electron chi connectivity index (χ3n) is 3.79. The van der Waals surface area contributed by atoms with E-state index >= 15 is 0 Å². The van der Waals surface area contributed by atoms with Crippen molar-refractivity contribution in [1.29, 1.82) is 0 Å². The standard InChI is InChI=1S/C19H20N4O3/c1-25-17-7-3-2-5-14(17)8-9-20-18(24)15-11-21-19(22-12-15)23-13-16-6-4-10-26-16/h2-7,10-12H,8-9,13H2,1H3,(H,20,24)(H,21,22,23). The number of rotatable bonds is 8. The predicted molar refractivity (Wildman–Crippen MR) is 97.1 cm³/mol. The van der Waals surface area contributed by atoms with Crippen molar-refractivity contribution in [1.82, 2.24) is 15.3 Å². The second kappa shape index (κ2) is 8.66. The molecule has 2 aromatic heterocycles. The molecule has 2 N–H and O–H groups in total. The average molecular weight is 352 g/mol. The van der Waals surface area contributed by atoms with E-state index in [2.05, 4.69) is 20.6 Å². The minimum absolute atomic E-state index is 0.211. The number of methoxy groups -OCH3 is 1. The fourth-order valence-corrected chi connectivity index (χ4v) is 2.44. The number of benzene rings is 1. The smallest absolute Gasteiger partial charge is 0.254 e. The van der Waals surface area contributed by atoms with Crippen molar-refractivity contribution in [2.75, 3.05) is 19.0 Å². The summed E-state index contributed by atoms with van der Waals surface area (Å²) in [5, 5.41) is 5.89. The fraction of sp³-hybridized carbons (Fsp3) is 0.211. The molecular weight excluding hydrogens is 332 g/mol. The predicted octanol–water partition coefficient (Wildman–Crippen LogP) is 2.66. The summed E-state index contributed by atoms with van der Waals surface area (Å²) in [4.78, 5) is 20.5. The first-order valence-electron chi connectivity index (χ1n) is 8.24. The Labute approximate surface area is 151 Å². The van der Waals surface area contributed by atoms with Gasteiger partial charge < -0.3 is 19.8 Å². The lowest BCUT2D eigenvalue weighted by Gasteiger charge is -2.09. The van der Waals surface area contributed by atoms with Crippen LogP contribution < -0.4 is 15.4 Å². The van der Waals surface area contributed by atoms with Crippen LogP contribution in [-0.2, 0) is 13.0 Å². The molecule has 0 fully saturated rings. The molecule has 0 bridgehead atoms. The number of nitrogens with one attached hydrogen (secondary N) is 2. The van der Waals surface area contributed by atoms with E-state index in [1.165, 1.54) is 12.4 Å². The van der Waals surface area contributed by atoms with E-state index in [1.54, 1.807) is 13.4 Å². The summed E-state index contributed by atoms with van der Waals surface area (Å²) in [6.07, 6.45) is 5.28. The van der Waals surface area contributed by atoms with Crippen LogP contribution in [0.15, 0.2) is 59.5 Å². The minimum Gasteiger partial charge on any atom is -0.496 e. The Morgan fingerprint density at radius 1 is 1.15 bits per heavy atom. The monoisotopic (exact) mass is 352 g/mol. The first-order chi connectivity index (χ1) is 12.8. The Morgan fingerprint density at radius 3 is 2.69 bits per heavy atom. The van der Waals surface area contributed by atoms with Crippen LogP contribution in [0, 0.1) is 0 Å². The van der Waals surface area contributed by atoms with E-state index in [-0.39, 0.29) is 5.91 Å². The summed E-state index contributed by atoms with van der Waals surface area (Å²) in [6, 6.07) is 11.4. The topological polar surface area (TPSA) is 89.3 Å². The van der Waals surface area contributed by atoms with Crippen LogP contribution in [-0.4, -0.2) is 29.5 Å². The van der Waals surface area contributed by atoms with Crippen molar-refractivity contribution in [2.24, 2.45) is 0 Å². The number of furan rings is 1. The van der Waals surface area contributed by atoms with Gasteiger partial charge in [-0.2, -0.15) is 0 Å². The van der Waals surface area contributed by atoms with E-state index in [0.29, 0.717) is 31.0 Å². The Hall–Kier alpha value is -3.35. The zero-order valence-corrected chi connectivity index (χ0v) is 14.4. The second-order valence-electron chi connectivity index (χ2n) is 5.55. The highest BCUT2D eigenvalue weighted by molar-refractivity contribution is 5.93. The molecule has 134 valence electrons. The Bertz CT molecular complexity index is 832. The van der Waals surface area contributed by atoms with Gasteiger partial charge in [-0.1, -0.05) is 18.2 Å². The molecular formula is C19H20N4O3. The number of anilines is 1. The molecule has 1 amide bonds. The van der Waals surface area contributed by atoms with Gasteiger partial charge in [0.05, 0.1) is 25.5 Å². The van der Waals surface area contributed by atoms with Gasteiger partial charge in [-0.05, 0) is 30.2 Å². The molecule has 0 aliphatic rings. The lowest BCUT2D eigenvalue weighted by molar-refractivity contribution is 0.0953. The van der Waals surface area contributed by atoms with Crippen molar-refractivity contribution in [3.8, 4) is 5.75 Å². The molecule has 0 unspecified atom stereocenters. The number of carbonyl (C=O) groups is 1. The molecule has 3 aromatic rings. The van der Waals surface area contributed by atoms with E-state index in [0.717, 1.165) is 17.1 Å². The van der Waals surface area contributed by atoms with Crippen LogP contribution in [0.2, 0.25) is 0 Å². The molecule has 0 spiro atoms. The summed E-state index contributed by atoms with van der Waals surface area (Å²) in [5.41, 5.74) is 1.46. The normalized spacial score (nSPS) is 10.3. The highest BCUT2D eigenvalue weighted by atomic mass is 16.5. The third-order valence-corrected chi connectivity index (χ3v) is 3.79. The summed E-state index contributed by atoms with van der Waals surface area (Å²) < 4.78 is 10.5. The van der Waals surface area contributed by atoms with Gasteiger partial charge in [0, 0.05) is 18.9 Å². The van der Waals surface area contributed by atoms with Gasteiger partial charge in [-0.15, -0.1) is 0 Å². The number of para-hydroxylation sites is 1. The quantitative estimate of drug-likeness (QED) is 0.648. The van der Waals surface area contributed by atoms with E-state index in [1.807, 2.05) is 36.4 Å². The largest absolute Gasteiger partial charge is 0.496 e. The number of nitrogens with zero attached hydrogens (tertiary/aromatic N) is 2. The van der Waals surface area contributed by atoms with Gasteiger partial charge in [-0.25, -0.2) is 9.97 Å². The van der Waals surface area contributed by atoms with Crippen molar-refractivity contribution >= 4 is 11.9 Å². The highest BCUT2D eigenvalue weighted by Gasteiger charge is 2.08. The highest BCUT2D eigenvalue weighted by Crippen LogP contribution is 2.17. The van der Waals surface area contributed by atoms with Crippen LogP contribution >= 0.6 is 0 Å². The summed E-state index contributed by atoms with van der Waals surface area (Å²) in [7, 11) is 1.64. The van der Waals surface area contributed by atoms with Gasteiger partial charge in [0.1, 0.15) is 11.5 Å². The molecule has 1 aromatic carbocycles. The molecule has 0 saturated heterocycles. The molecule has 0 radical (unpaired) electrons. The van der Waals surface area contributed by atoms with Crippen molar-refractivity contribution < 1.29 is 13.9 Å². The van der Waals surface area contributed by atoms with E-state index in [9.17, 15) is 4.79 Å². The molecule has 3 rings (SSSR count). The maximum Gasteiger partial charge on any atom is 0.254 e. The third kappa shape index (κ3) is 4.60. The Morgan fingerprint density at radius 2 is 1.96 bits per heavy atom. The van der Waals surface area contributed by atoms with E-state index in [4.69, 9.17) is 9.15 Å². The maximum atomic E-state index is 12.2.